The fourth-order valence-corrected chi connectivity index (χ4v) is 4.11. The fraction of sp³-hybridized carbons (Fsp3) is 0.545. The molecule has 0 amide bonds. The average Bonchev–Trinajstić information content (AvgIpc) is 3.11. The van der Waals surface area contributed by atoms with Crippen LogP contribution in [0.3, 0.4) is 0 Å². The molecule has 11 nitrogen and oxygen atoms in total. The number of ether oxygens (including phenoxy) is 4. The molecule has 1 aromatic carbocycles. The van der Waals surface area contributed by atoms with Gasteiger partial charge in [-0.15, -0.1) is 0 Å². The summed E-state index contributed by atoms with van der Waals surface area (Å²) in [4.78, 5) is 22.8. The molecule has 7 atom stereocenters. The largest absolute Gasteiger partial charge is 0.484 e. The van der Waals surface area contributed by atoms with E-state index in [1.54, 1.807) is 32.0 Å². The van der Waals surface area contributed by atoms with Crippen molar-refractivity contribution in [2.75, 3.05) is 6.61 Å². The number of aliphatic hydroxyl groups excluding tert-OH is 4. The lowest BCUT2D eigenvalue weighted by Gasteiger charge is -2.44. The Kier molecular flexibility index (Phi) is 6.20. The van der Waals surface area contributed by atoms with E-state index in [1.807, 2.05) is 0 Å². The number of carbonyl (C=O) groups is 1. The Labute approximate surface area is 188 Å². The second kappa shape index (κ2) is 8.67. The Morgan fingerprint density at radius 3 is 2.45 bits per heavy atom. The Morgan fingerprint density at radius 2 is 1.76 bits per heavy atom. The standard InChI is InChI=1S/C22H26O11/c1-9(23)29-8-12-15(25)17(27)18(28)21(31-12)33-22(2,3)20-16(26)14-11(30-20)6-4-10-5-7-13(24)32-19(10)14/h4-7,12,15-18,20-21,25-28H,8H2,1-3H3/t12-,15-,16+,17+,18-,20-,21+/m1/s1. The van der Waals surface area contributed by atoms with Crippen molar-refractivity contribution >= 4 is 16.9 Å². The maximum Gasteiger partial charge on any atom is 0.336 e. The summed E-state index contributed by atoms with van der Waals surface area (Å²) in [5, 5.41) is 42.4. The quantitative estimate of drug-likeness (QED) is 0.339. The number of aliphatic hydroxyl groups is 4. The van der Waals surface area contributed by atoms with Crippen LogP contribution in [0.25, 0.3) is 11.0 Å². The molecule has 2 aliphatic heterocycles. The molecule has 1 saturated heterocycles. The highest BCUT2D eigenvalue weighted by Gasteiger charge is 2.51. The van der Waals surface area contributed by atoms with E-state index in [0.29, 0.717) is 16.7 Å². The number of carbonyl (C=O) groups excluding carboxylic acids is 1. The summed E-state index contributed by atoms with van der Waals surface area (Å²) in [7, 11) is 0. The monoisotopic (exact) mass is 466 g/mol. The van der Waals surface area contributed by atoms with E-state index in [4.69, 9.17) is 23.4 Å². The van der Waals surface area contributed by atoms with Crippen LogP contribution in [-0.2, 0) is 19.0 Å². The van der Waals surface area contributed by atoms with Crippen LogP contribution in [0.15, 0.2) is 33.5 Å². The number of hydrogen-bond acceptors (Lipinski definition) is 11. The average molecular weight is 466 g/mol. The minimum atomic E-state index is -1.63. The van der Waals surface area contributed by atoms with Crippen LogP contribution in [0.4, 0.5) is 0 Å². The van der Waals surface area contributed by atoms with Crippen molar-refractivity contribution in [3.63, 3.8) is 0 Å². The molecule has 180 valence electrons. The first-order valence-corrected chi connectivity index (χ1v) is 10.4. The molecule has 11 heteroatoms. The second-order valence-electron chi connectivity index (χ2n) is 8.67. The van der Waals surface area contributed by atoms with E-state index >= 15 is 0 Å². The van der Waals surface area contributed by atoms with E-state index < -0.39 is 60.1 Å². The van der Waals surface area contributed by atoms with E-state index in [2.05, 4.69) is 0 Å². The van der Waals surface area contributed by atoms with Crippen LogP contribution in [0.5, 0.6) is 5.75 Å². The van der Waals surface area contributed by atoms with Crippen LogP contribution < -0.4 is 10.4 Å². The van der Waals surface area contributed by atoms with Gasteiger partial charge < -0.3 is 43.8 Å². The summed E-state index contributed by atoms with van der Waals surface area (Å²) in [6.45, 7) is 3.98. The zero-order valence-corrected chi connectivity index (χ0v) is 18.2. The minimum Gasteiger partial charge on any atom is -0.484 e. The highest BCUT2D eigenvalue weighted by atomic mass is 16.7. The number of benzene rings is 1. The molecule has 2 aliphatic rings. The van der Waals surface area contributed by atoms with Gasteiger partial charge in [-0.25, -0.2) is 4.79 Å². The predicted molar refractivity (Wildman–Crippen MR) is 110 cm³/mol. The number of rotatable bonds is 5. The first-order valence-electron chi connectivity index (χ1n) is 10.4. The van der Waals surface area contributed by atoms with Gasteiger partial charge in [0.15, 0.2) is 12.4 Å². The summed E-state index contributed by atoms with van der Waals surface area (Å²) in [6.07, 6.45) is -9.63. The third-order valence-corrected chi connectivity index (χ3v) is 5.85. The molecule has 3 heterocycles. The Bertz CT molecular complexity index is 1090. The van der Waals surface area contributed by atoms with Crippen LogP contribution in [0, 0.1) is 0 Å². The van der Waals surface area contributed by atoms with Crippen molar-refractivity contribution in [2.45, 2.75) is 69.3 Å². The Morgan fingerprint density at radius 1 is 1.06 bits per heavy atom. The number of esters is 1. The third kappa shape index (κ3) is 4.35. The topological polar surface area (TPSA) is 165 Å². The molecule has 0 spiro atoms. The minimum absolute atomic E-state index is 0.194. The van der Waals surface area contributed by atoms with E-state index in [9.17, 15) is 30.0 Å². The highest BCUT2D eigenvalue weighted by Crippen LogP contribution is 2.45. The molecule has 1 aromatic heterocycles. The van der Waals surface area contributed by atoms with Gasteiger partial charge in [0.05, 0.1) is 5.56 Å². The molecule has 1 fully saturated rings. The number of hydrogen-bond donors (Lipinski definition) is 4. The maximum atomic E-state index is 11.7. The summed E-state index contributed by atoms with van der Waals surface area (Å²) < 4.78 is 27.5. The molecule has 2 aromatic rings. The van der Waals surface area contributed by atoms with Gasteiger partial charge in [0, 0.05) is 18.4 Å². The van der Waals surface area contributed by atoms with Crippen molar-refractivity contribution in [1.82, 2.24) is 0 Å². The highest BCUT2D eigenvalue weighted by molar-refractivity contribution is 5.83. The van der Waals surface area contributed by atoms with Crippen LogP contribution in [0.2, 0.25) is 0 Å². The van der Waals surface area contributed by atoms with E-state index in [1.165, 1.54) is 13.0 Å². The van der Waals surface area contributed by atoms with Crippen molar-refractivity contribution in [1.29, 1.82) is 0 Å². The molecule has 0 unspecified atom stereocenters. The van der Waals surface area contributed by atoms with Gasteiger partial charge in [-0.2, -0.15) is 0 Å². The molecule has 0 aliphatic carbocycles. The van der Waals surface area contributed by atoms with Crippen LogP contribution >= 0.6 is 0 Å². The molecule has 4 N–H and O–H groups in total. The van der Waals surface area contributed by atoms with Gasteiger partial charge in [-0.3, -0.25) is 4.79 Å². The van der Waals surface area contributed by atoms with E-state index in [-0.39, 0.29) is 12.2 Å². The predicted octanol–water partition coefficient (Wildman–Crippen LogP) is -0.247. The maximum absolute atomic E-state index is 11.7. The molecule has 0 bridgehead atoms. The van der Waals surface area contributed by atoms with Gasteiger partial charge in [0.2, 0.25) is 0 Å². The normalized spacial score (nSPS) is 31.8. The fourth-order valence-electron chi connectivity index (χ4n) is 4.11. The van der Waals surface area contributed by atoms with Gasteiger partial charge in [-0.1, -0.05) is 0 Å². The first kappa shape index (κ1) is 23.6. The summed E-state index contributed by atoms with van der Waals surface area (Å²) in [5.74, 6) is -0.303. The second-order valence-corrected chi connectivity index (χ2v) is 8.67. The zero-order chi connectivity index (χ0) is 24.1. The lowest BCUT2D eigenvalue weighted by Crippen LogP contribution is -2.61. The van der Waals surface area contributed by atoms with Gasteiger partial charge in [0.1, 0.15) is 54.1 Å². The van der Waals surface area contributed by atoms with Crippen molar-refractivity contribution < 1.29 is 48.6 Å². The first-order chi connectivity index (χ1) is 15.5. The lowest BCUT2D eigenvalue weighted by atomic mass is 9.92. The van der Waals surface area contributed by atoms with E-state index in [0.717, 1.165) is 0 Å². The van der Waals surface area contributed by atoms with Gasteiger partial charge >= 0.3 is 11.6 Å². The smallest absolute Gasteiger partial charge is 0.336 e. The van der Waals surface area contributed by atoms with Crippen molar-refractivity contribution in [3.05, 3.63) is 40.2 Å². The summed E-state index contributed by atoms with van der Waals surface area (Å²) >= 11 is 0. The zero-order valence-electron chi connectivity index (χ0n) is 18.2. The van der Waals surface area contributed by atoms with Crippen LogP contribution in [0.1, 0.15) is 32.4 Å². The van der Waals surface area contributed by atoms with Crippen molar-refractivity contribution in [2.24, 2.45) is 0 Å². The lowest BCUT2D eigenvalue weighted by molar-refractivity contribution is -0.332. The molecule has 0 radical (unpaired) electrons. The van der Waals surface area contributed by atoms with Crippen LogP contribution in [-0.4, -0.2) is 75.4 Å². The summed E-state index contributed by atoms with van der Waals surface area (Å²) in [6, 6.07) is 6.17. The Hall–Kier alpha value is -2.54. The molecule has 0 saturated carbocycles. The molecular weight excluding hydrogens is 440 g/mol. The van der Waals surface area contributed by atoms with Gasteiger partial charge in [-0.05, 0) is 32.0 Å². The molecule has 33 heavy (non-hydrogen) atoms. The summed E-state index contributed by atoms with van der Waals surface area (Å²) in [5.41, 5.74) is -1.40. The van der Waals surface area contributed by atoms with Crippen molar-refractivity contribution in [3.8, 4) is 5.75 Å². The number of fused-ring (bicyclic) bond motifs is 3. The molecule has 4 rings (SSSR count). The third-order valence-electron chi connectivity index (χ3n) is 5.85. The Balaban J connectivity index is 1.56. The molecular formula is C22H26O11. The SMILES string of the molecule is CC(=O)OC[C@H]1O[C@@H](OC(C)(C)[C@@H]2Oc3ccc4ccc(=O)oc4c3[C@@H]2O)[C@H](O)[C@@H](O)[C@@H]1O. The van der Waals surface area contributed by atoms with Gasteiger partial charge in [0.25, 0.3) is 0 Å².